The van der Waals surface area contributed by atoms with Crippen LogP contribution >= 0.6 is 11.8 Å². The van der Waals surface area contributed by atoms with Crippen LogP contribution in [0.25, 0.3) is 0 Å². The molecule has 0 radical (unpaired) electrons. The minimum atomic E-state index is -0.302. The van der Waals surface area contributed by atoms with Crippen molar-refractivity contribution in [3.63, 3.8) is 0 Å². The highest BCUT2D eigenvalue weighted by Gasteiger charge is 2.10. The molecular weight excluding hydrogens is 253 g/mol. The first-order chi connectivity index (χ1) is 8.56. The van der Waals surface area contributed by atoms with E-state index in [4.69, 9.17) is 0 Å². The first-order valence-electron chi connectivity index (χ1n) is 5.37. The Labute approximate surface area is 108 Å². The normalized spacial score (nSPS) is 10.6. The van der Waals surface area contributed by atoms with Crippen LogP contribution in [0.1, 0.15) is 21.7 Å². The number of carbonyl (C=O) groups is 1. The monoisotopic (exact) mass is 265 g/mol. The van der Waals surface area contributed by atoms with Crippen molar-refractivity contribution < 1.29 is 9.18 Å². The van der Waals surface area contributed by atoms with Crippen LogP contribution in [0.2, 0.25) is 0 Å². The molecule has 94 valence electrons. The maximum Gasteiger partial charge on any atom is 0.208 e. The number of hydrogen-bond acceptors (Lipinski definition) is 4. The van der Waals surface area contributed by atoms with Crippen molar-refractivity contribution in [1.29, 1.82) is 0 Å². The van der Waals surface area contributed by atoms with Crippen LogP contribution in [0, 0.1) is 19.7 Å². The van der Waals surface area contributed by atoms with Gasteiger partial charge in [0.25, 0.3) is 0 Å². The molecule has 0 saturated carbocycles. The van der Waals surface area contributed by atoms with Gasteiger partial charge in [-0.2, -0.15) is 0 Å². The Hall–Kier alpha value is -1.69. The third-order valence-corrected chi connectivity index (χ3v) is 3.24. The summed E-state index contributed by atoms with van der Waals surface area (Å²) in [5.74, 6) is 0.583. The topological polar surface area (TPSA) is 58.6 Å². The zero-order chi connectivity index (χ0) is 13.1. The summed E-state index contributed by atoms with van der Waals surface area (Å²) in [6, 6.07) is 4.36. The molecule has 18 heavy (non-hydrogen) atoms. The Morgan fingerprint density at radius 3 is 2.83 bits per heavy atom. The molecule has 0 bridgehead atoms. The average Bonchev–Trinajstić information content (AvgIpc) is 2.75. The quantitative estimate of drug-likeness (QED) is 0.681. The lowest BCUT2D eigenvalue weighted by atomic mass is 10.1. The number of benzene rings is 1. The first kappa shape index (κ1) is 12.8. The predicted molar refractivity (Wildman–Crippen MR) is 67.3 cm³/mol. The molecule has 0 unspecified atom stereocenters. The van der Waals surface area contributed by atoms with Gasteiger partial charge in [-0.25, -0.2) is 9.37 Å². The molecule has 6 heteroatoms. The Morgan fingerprint density at radius 2 is 2.22 bits per heavy atom. The number of Topliss-reactive ketones (excluding diaryl/α,β-unsaturated/α-hetero) is 1. The Morgan fingerprint density at radius 1 is 1.44 bits per heavy atom. The van der Waals surface area contributed by atoms with E-state index >= 15 is 0 Å². The number of thioether (sulfide) groups is 1. The van der Waals surface area contributed by atoms with Crippen molar-refractivity contribution in [1.82, 2.24) is 15.2 Å². The van der Waals surface area contributed by atoms with Gasteiger partial charge in [-0.15, -0.1) is 5.10 Å². The Bertz CT molecular complexity index is 582. The summed E-state index contributed by atoms with van der Waals surface area (Å²) < 4.78 is 13.1. The van der Waals surface area contributed by atoms with Gasteiger partial charge in [0.1, 0.15) is 11.6 Å². The van der Waals surface area contributed by atoms with Crippen LogP contribution in [-0.4, -0.2) is 26.7 Å². The fraction of sp³-hybridized carbons (Fsp3) is 0.250. The number of ketones is 1. The van der Waals surface area contributed by atoms with E-state index in [0.29, 0.717) is 22.1 Å². The molecule has 0 amide bonds. The molecule has 1 aromatic carbocycles. The third kappa shape index (κ3) is 2.95. The summed E-state index contributed by atoms with van der Waals surface area (Å²) in [4.78, 5) is 16.0. The minimum Gasteiger partial charge on any atom is -0.293 e. The number of nitrogens with one attached hydrogen (secondary N) is 1. The van der Waals surface area contributed by atoms with Crippen LogP contribution in [0.5, 0.6) is 0 Å². The summed E-state index contributed by atoms with van der Waals surface area (Å²) in [5.41, 5.74) is 0.980. The number of aryl methyl sites for hydroxylation is 2. The lowest BCUT2D eigenvalue weighted by Crippen LogP contribution is -2.03. The second-order valence-corrected chi connectivity index (χ2v) is 4.82. The van der Waals surface area contributed by atoms with Gasteiger partial charge in [-0.05, 0) is 37.6 Å². The number of aromatic nitrogens is 3. The van der Waals surface area contributed by atoms with Gasteiger partial charge >= 0.3 is 0 Å². The highest BCUT2D eigenvalue weighted by Crippen LogP contribution is 2.16. The molecule has 1 aromatic heterocycles. The van der Waals surface area contributed by atoms with Crippen molar-refractivity contribution in [2.45, 2.75) is 19.0 Å². The molecule has 1 heterocycles. The standard InChI is InChI=1S/C12H12FN3OS/c1-7-5-9(3-4-10(7)13)11(17)6-18-12-14-8(2)15-16-12/h3-5H,6H2,1-2H3,(H,14,15,16). The number of halogens is 1. The third-order valence-electron chi connectivity index (χ3n) is 2.39. The fourth-order valence-corrected chi connectivity index (χ4v) is 2.16. The van der Waals surface area contributed by atoms with Crippen molar-refractivity contribution in [2.75, 3.05) is 5.75 Å². The van der Waals surface area contributed by atoms with Gasteiger partial charge in [-0.3, -0.25) is 9.89 Å². The van der Waals surface area contributed by atoms with E-state index in [1.54, 1.807) is 19.9 Å². The number of rotatable bonds is 4. The van der Waals surface area contributed by atoms with E-state index in [1.165, 1.54) is 23.9 Å². The van der Waals surface area contributed by atoms with E-state index in [2.05, 4.69) is 15.2 Å². The smallest absolute Gasteiger partial charge is 0.208 e. The highest BCUT2D eigenvalue weighted by atomic mass is 32.2. The molecule has 2 rings (SSSR count). The summed E-state index contributed by atoms with van der Waals surface area (Å²) in [6.45, 7) is 3.43. The summed E-state index contributed by atoms with van der Waals surface area (Å²) in [5, 5.41) is 7.17. The summed E-state index contributed by atoms with van der Waals surface area (Å²) in [6.07, 6.45) is 0. The maximum atomic E-state index is 13.1. The second kappa shape index (κ2) is 5.30. The summed E-state index contributed by atoms with van der Waals surface area (Å²) in [7, 11) is 0. The SMILES string of the molecule is Cc1nc(SCC(=O)c2ccc(F)c(C)c2)n[nH]1. The number of hydrogen-bond donors (Lipinski definition) is 1. The molecule has 0 aliphatic heterocycles. The molecule has 0 spiro atoms. The average molecular weight is 265 g/mol. The first-order valence-corrected chi connectivity index (χ1v) is 6.36. The van der Waals surface area contributed by atoms with Crippen LogP contribution in [-0.2, 0) is 0 Å². The van der Waals surface area contributed by atoms with Crippen molar-refractivity contribution in [3.8, 4) is 0 Å². The molecule has 0 saturated heterocycles. The number of aromatic amines is 1. The second-order valence-electron chi connectivity index (χ2n) is 3.88. The molecule has 4 nitrogen and oxygen atoms in total. The Kier molecular flexibility index (Phi) is 3.76. The number of nitrogens with zero attached hydrogens (tertiary/aromatic N) is 2. The van der Waals surface area contributed by atoms with Crippen LogP contribution in [0.4, 0.5) is 4.39 Å². The van der Waals surface area contributed by atoms with Gasteiger partial charge in [0.2, 0.25) is 5.16 Å². The van der Waals surface area contributed by atoms with E-state index in [-0.39, 0.29) is 17.4 Å². The fourth-order valence-electron chi connectivity index (χ4n) is 1.42. The van der Waals surface area contributed by atoms with Crippen molar-refractivity contribution in [3.05, 3.63) is 41.0 Å². The lowest BCUT2D eigenvalue weighted by Gasteiger charge is -2.01. The molecule has 0 fully saturated rings. The van der Waals surface area contributed by atoms with Gasteiger partial charge < -0.3 is 0 Å². The van der Waals surface area contributed by atoms with E-state index < -0.39 is 0 Å². The Balaban J connectivity index is 2.01. The zero-order valence-electron chi connectivity index (χ0n) is 10.0. The molecule has 0 aliphatic carbocycles. The summed E-state index contributed by atoms with van der Waals surface area (Å²) >= 11 is 1.26. The molecule has 1 N–H and O–H groups in total. The molecule has 0 atom stereocenters. The highest BCUT2D eigenvalue weighted by molar-refractivity contribution is 7.99. The molecule has 0 aliphatic rings. The minimum absolute atomic E-state index is 0.0643. The van der Waals surface area contributed by atoms with Crippen LogP contribution in [0.3, 0.4) is 0 Å². The van der Waals surface area contributed by atoms with Crippen LogP contribution < -0.4 is 0 Å². The maximum absolute atomic E-state index is 13.1. The molecular formula is C12H12FN3OS. The lowest BCUT2D eigenvalue weighted by molar-refractivity contribution is 0.102. The van der Waals surface area contributed by atoms with Gasteiger partial charge in [0, 0.05) is 5.56 Å². The largest absolute Gasteiger partial charge is 0.293 e. The van der Waals surface area contributed by atoms with Crippen molar-refractivity contribution >= 4 is 17.5 Å². The van der Waals surface area contributed by atoms with Gasteiger partial charge in [0.05, 0.1) is 5.75 Å². The number of H-pyrrole nitrogens is 1. The predicted octanol–water partition coefficient (Wildman–Crippen LogP) is 2.54. The van der Waals surface area contributed by atoms with E-state index in [0.717, 1.165) is 0 Å². The zero-order valence-corrected chi connectivity index (χ0v) is 10.8. The van der Waals surface area contributed by atoms with E-state index in [9.17, 15) is 9.18 Å². The number of carbonyl (C=O) groups excluding carboxylic acids is 1. The van der Waals surface area contributed by atoms with Crippen molar-refractivity contribution in [2.24, 2.45) is 0 Å². The van der Waals surface area contributed by atoms with E-state index in [1.807, 2.05) is 0 Å². The molecule has 2 aromatic rings. The van der Waals surface area contributed by atoms with Crippen LogP contribution in [0.15, 0.2) is 23.4 Å². The van der Waals surface area contributed by atoms with Gasteiger partial charge in [-0.1, -0.05) is 11.8 Å². The van der Waals surface area contributed by atoms with Gasteiger partial charge in [0.15, 0.2) is 5.78 Å².